The Morgan fingerprint density at radius 2 is 1.62 bits per heavy atom. The van der Waals surface area contributed by atoms with Crippen molar-refractivity contribution in [2.45, 2.75) is 13.0 Å². The van der Waals surface area contributed by atoms with Crippen LogP contribution in [0.5, 0.6) is 11.5 Å². The van der Waals surface area contributed by atoms with Crippen molar-refractivity contribution >= 4 is 57.2 Å². The van der Waals surface area contributed by atoms with E-state index in [2.05, 4.69) is 26.5 Å². The van der Waals surface area contributed by atoms with Gasteiger partial charge in [0.15, 0.2) is 6.10 Å². The highest BCUT2D eigenvalue weighted by Gasteiger charge is 2.15. The molecule has 0 unspecified atom stereocenters. The van der Waals surface area contributed by atoms with Crippen molar-refractivity contribution in [2.24, 2.45) is 5.10 Å². The molecule has 32 heavy (non-hydrogen) atoms. The fraction of sp³-hybridized carbons (Fsp3) is 0.0870. The molecule has 0 spiro atoms. The van der Waals surface area contributed by atoms with E-state index in [-0.39, 0.29) is 5.75 Å². The van der Waals surface area contributed by atoms with E-state index in [1.54, 1.807) is 73.7 Å². The van der Waals surface area contributed by atoms with Crippen LogP contribution in [0, 0.1) is 0 Å². The average molecular weight is 536 g/mol. The molecular formula is C23H17BrCl2N2O4. The Kier molecular flexibility index (Phi) is 8.27. The summed E-state index contributed by atoms with van der Waals surface area (Å²) in [4.78, 5) is 24.7. The lowest BCUT2D eigenvalue weighted by Gasteiger charge is -2.13. The van der Waals surface area contributed by atoms with Crippen LogP contribution in [0.15, 0.2) is 76.3 Å². The van der Waals surface area contributed by atoms with Crippen molar-refractivity contribution < 1.29 is 19.1 Å². The van der Waals surface area contributed by atoms with Crippen LogP contribution in [0.3, 0.4) is 0 Å². The number of hydrogen-bond donors (Lipinski definition) is 1. The predicted molar refractivity (Wildman–Crippen MR) is 128 cm³/mol. The van der Waals surface area contributed by atoms with Gasteiger partial charge in [-0.05, 0) is 73.7 Å². The Balaban J connectivity index is 1.65. The second-order valence-corrected chi connectivity index (χ2v) is 8.32. The highest BCUT2D eigenvalue weighted by Crippen LogP contribution is 2.23. The third kappa shape index (κ3) is 6.82. The molecular weight excluding hydrogens is 519 g/mol. The molecule has 0 saturated heterocycles. The van der Waals surface area contributed by atoms with E-state index in [9.17, 15) is 9.59 Å². The monoisotopic (exact) mass is 534 g/mol. The summed E-state index contributed by atoms with van der Waals surface area (Å²) in [6, 6.07) is 18.1. The third-order valence-corrected chi connectivity index (χ3v) is 5.13. The maximum atomic E-state index is 12.4. The standard InChI is InChI=1S/C23H17BrCl2N2O4/c1-14(31-20-9-7-19(26)8-10-20)22(29)28-27-13-16-12-17(24)4-11-21(16)32-23(30)15-2-5-18(25)6-3-15/h2-14H,1H3,(H,28,29)/b27-13-/t14-/m0/s1. The molecule has 164 valence electrons. The first-order valence-corrected chi connectivity index (χ1v) is 10.9. The normalized spacial score (nSPS) is 11.8. The lowest BCUT2D eigenvalue weighted by atomic mass is 10.2. The Morgan fingerprint density at radius 3 is 2.28 bits per heavy atom. The van der Waals surface area contributed by atoms with Crippen LogP contribution in [-0.2, 0) is 4.79 Å². The van der Waals surface area contributed by atoms with Crippen molar-refractivity contribution in [3.8, 4) is 11.5 Å². The number of carbonyl (C=O) groups excluding carboxylic acids is 2. The lowest BCUT2D eigenvalue weighted by Crippen LogP contribution is -2.33. The van der Waals surface area contributed by atoms with Crippen LogP contribution in [0.1, 0.15) is 22.8 Å². The maximum absolute atomic E-state index is 12.4. The quantitative estimate of drug-likeness (QED) is 0.177. The number of hydrogen-bond acceptors (Lipinski definition) is 5. The highest BCUT2D eigenvalue weighted by molar-refractivity contribution is 9.10. The van der Waals surface area contributed by atoms with Crippen LogP contribution < -0.4 is 14.9 Å². The van der Waals surface area contributed by atoms with Crippen molar-refractivity contribution in [2.75, 3.05) is 0 Å². The molecule has 0 aliphatic rings. The molecule has 6 nitrogen and oxygen atoms in total. The van der Waals surface area contributed by atoms with Crippen LogP contribution in [-0.4, -0.2) is 24.2 Å². The number of nitrogens with zero attached hydrogens (tertiary/aromatic N) is 1. The lowest BCUT2D eigenvalue weighted by molar-refractivity contribution is -0.127. The van der Waals surface area contributed by atoms with Gasteiger partial charge in [-0.3, -0.25) is 4.79 Å². The molecule has 1 N–H and O–H groups in total. The number of ether oxygens (including phenoxy) is 2. The number of hydrazone groups is 1. The fourth-order valence-electron chi connectivity index (χ4n) is 2.49. The first-order chi connectivity index (χ1) is 15.3. The predicted octanol–water partition coefficient (Wildman–Crippen LogP) is 5.89. The molecule has 0 aromatic heterocycles. The largest absolute Gasteiger partial charge is 0.481 e. The zero-order valence-corrected chi connectivity index (χ0v) is 19.8. The van der Waals surface area contributed by atoms with Gasteiger partial charge in [0.1, 0.15) is 11.5 Å². The molecule has 0 aliphatic carbocycles. The Morgan fingerprint density at radius 1 is 1.00 bits per heavy atom. The van der Waals surface area contributed by atoms with Gasteiger partial charge in [-0.1, -0.05) is 39.1 Å². The van der Waals surface area contributed by atoms with Gasteiger partial charge in [-0.25, -0.2) is 10.2 Å². The summed E-state index contributed by atoms with van der Waals surface area (Å²) in [5, 5.41) is 5.04. The van der Waals surface area contributed by atoms with Crippen molar-refractivity contribution in [1.29, 1.82) is 0 Å². The summed E-state index contributed by atoms with van der Waals surface area (Å²) in [6.07, 6.45) is 0.584. The number of nitrogens with one attached hydrogen (secondary N) is 1. The van der Waals surface area contributed by atoms with E-state index in [0.717, 1.165) is 4.47 Å². The highest BCUT2D eigenvalue weighted by atomic mass is 79.9. The van der Waals surface area contributed by atoms with Crippen molar-refractivity contribution in [1.82, 2.24) is 5.43 Å². The number of amides is 1. The van der Waals surface area contributed by atoms with E-state index in [1.807, 2.05) is 0 Å². The summed E-state index contributed by atoms with van der Waals surface area (Å²) in [5.74, 6) is -0.223. The van der Waals surface area contributed by atoms with E-state index in [0.29, 0.717) is 26.9 Å². The summed E-state index contributed by atoms with van der Waals surface area (Å²) >= 11 is 15.1. The van der Waals surface area contributed by atoms with Gasteiger partial charge in [0.2, 0.25) is 0 Å². The Bertz CT molecular complexity index is 1140. The first kappa shape index (κ1) is 23.8. The Labute approximate surface area is 203 Å². The zero-order valence-electron chi connectivity index (χ0n) is 16.7. The molecule has 0 aliphatic heterocycles. The molecule has 0 heterocycles. The zero-order chi connectivity index (χ0) is 23.1. The number of carbonyl (C=O) groups is 2. The Hall–Kier alpha value is -2.87. The number of rotatable bonds is 7. The summed E-state index contributed by atoms with van der Waals surface area (Å²) in [7, 11) is 0. The minimum Gasteiger partial charge on any atom is -0.481 e. The second kappa shape index (κ2) is 11.1. The van der Waals surface area contributed by atoms with Gasteiger partial charge in [-0.15, -0.1) is 0 Å². The molecule has 9 heteroatoms. The molecule has 0 radical (unpaired) electrons. The van der Waals surface area contributed by atoms with Crippen LogP contribution in [0.4, 0.5) is 0 Å². The molecule has 0 fully saturated rings. The minimum absolute atomic E-state index is 0.275. The molecule has 3 aromatic rings. The van der Waals surface area contributed by atoms with E-state index < -0.39 is 18.0 Å². The van der Waals surface area contributed by atoms with Gasteiger partial charge in [0, 0.05) is 20.1 Å². The SMILES string of the molecule is C[C@H](Oc1ccc(Cl)cc1)C(=O)N/N=C\c1cc(Br)ccc1OC(=O)c1ccc(Cl)cc1. The topological polar surface area (TPSA) is 77.0 Å². The van der Waals surface area contributed by atoms with Crippen LogP contribution >= 0.6 is 39.1 Å². The van der Waals surface area contributed by atoms with Gasteiger partial charge in [0.25, 0.3) is 5.91 Å². The van der Waals surface area contributed by atoms with Gasteiger partial charge in [-0.2, -0.15) is 5.10 Å². The van der Waals surface area contributed by atoms with Crippen molar-refractivity contribution in [3.63, 3.8) is 0 Å². The average Bonchev–Trinajstić information content (AvgIpc) is 2.77. The smallest absolute Gasteiger partial charge is 0.343 e. The van der Waals surface area contributed by atoms with Crippen molar-refractivity contribution in [3.05, 3.63) is 92.4 Å². The first-order valence-electron chi connectivity index (χ1n) is 9.34. The molecule has 1 amide bonds. The van der Waals surface area contributed by atoms with E-state index in [4.69, 9.17) is 32.7 Å². The molecule has 3 aromatic carbocycles. The summed E-state index contributed by atoms with van der Waals surface area (Å²) in [5.41, 5.74) is 3.24. The maximum Gasteiger partial charge on any atom is 0.343 e. The van der Waals surface area contributed by atoms with E-state index >= 15 is 0 Å². The number of halogens is 3. The van der Waals surface area contributed by atoms with E-state index in [1.165, 1.54) is 6.21 Å². The molecule has 0 saturated carbocycles. The molecule has 0 bridgehead atoms. The van der Waals surface area contributed by atoms with Gasteiger partial charge >= 0.3 is 5.97 Å². The molecule has 1 atom stereocenters. The van der Waals surface area contributed by atoms with Gasteiger partial charge in [0.05, 0.1) is 11.8 Å². The number of esters is 1. The summed E-state index contributed by atoms with van der Waals surface area (Å²) < 4.78 is 11.8. The molecule has 3 rings (SSSR count). The third-order valence-electron chi connectivity index (χ3n) is 4.13. The van der Waals surface area contributed by atoms with Gasteiger partial charge < -0.3 is 9.47 Å². The van der Waals surface area contributed by atoms with Crippen LogP contribution in [0.25, 0.3) is 0 Å². The number of benzene rings is 3. The summed E-state index contributed by atoms with van der Waals surface area (Å²) in [6.45, 7) is 1.60. The van der Waals surface area contributed by atoms with Crippen LogP contribution in [0.2, 0.25) is 10.0 Å². The minimum atomic E-state index is -0.793. The fourth-order valence-corrected chi connectivity index (χ4v) is 3.12. The second-order valence-electron chi connectivity index (χ2n) is 6.53.